The summed E-state index contributed by atoms with van der Waals surface area (Å²) >= 11 is 1.07. The van der Waals surface area contributed by atoms with Gasteiger partial charge < -0.3 is 4.52 Å². The second kappa shape index (κ2) is 6.61. The molecule has 3 aromatic rings. The molecular formula is C14H9F3N4O3S2. The van der Waals surface area contributed by atoms with E-state index in [1.165, 1.54) is 42.2 Å². The first-order chi connectivity index (χ1) is 12.2. The first-order valence-corrected chi connectivity index (χ1v) is 9.63. The van der Waals surface area contributed by atoms with Gasteiger partial charge in [-0.05, 0) is 24.3 Å². The van der Waals surface area contributed by atoms with Gasteiger partial charge in [-0.3, -0.25) is 9.78 Å². The monoisotopic (exact) mass is 402 g/mol. The average Bonchev–Trinajstić information content (AvgIpc) is 3.26. The lowest BCUT2D eigenvalue weighted by Crippen LogP contribution is -2.05. The van der Waals surface area contributed by atoms with Crippen molar-refractivity contribution in [2.24, 2.45) is 4.36 Å². The van der Waals surface area contributed by atoms with E-state index in [0.29, 0.717) is 0 Å². The quantitative estimate of drug-likeness (QED) is 0.665. The Kier molecular flexibility index (Phi) is 4.63. The Bertz CT molecular complexity index is 1050. The first-order valence-electron chi connectivity index (χ1n) is 6.83. The molecule has 26 heavy (non-hydrogen) atoms. The molecule has 0 aliphatic rings. The van der Waals surface area contributed by atoms with E-state index in [4.69, 9.17) is 0 Å². The maximum Gasteiger partial charge on any atom is 0.471 e. The zero-order chi connectivity index (χ0) is 18.9. The van der Waals surface area contributed by atoms with Crippen molar-refractivity contribution in [3.63, 3.8) is 0 Å². The molecule has 1 aromatic carbocycles. The fraction of sp³-hybridized carbons (Fsp3) is 0.143. The third-order valence-electron chi connectivity index (χ3n) is 3.12. The zero-order valence-corrected chi connectivity index (χ0v) is 14.6. The molecule has 0 spiro atoms. The van der Waals surface area contributed by atoms with Gasteiger partial charge in [0.15, 0.2) is 0 Å². The topological polar surface area (TPSA) is 98.3 Å². The number of hydrogen-bond donors (Lipinski definition) is 0. The van der Waals surface area contributed by atoms with Crippen molar-refractivity contribution in [1.82, 2.24) is 15.1 Å². The van der Waals surface area contributed by atoms with Gasteiger partial charge in [0, 0.05) is 16.7 Å². The maximum absolute atomic E-state index is 12.7. The molecule has 1 amide bonds. The highest BCUT2D eigenvalue weighted by Crippen LogP contribution is 2.29. The summed E-state index contributed by atoms with van der Waals surface area (Å²) in [6.45, 7) is 0. The second-order valence-corrected chi connectivity index (χ2v) is 8.16. The van der Waals surface area contributed by atoms with Crippen LogP contribution in [0.3, 0.4) is 0 Å². The molecule has 0 aliphatic heterocycles. The van der Waals surface area contributed by atoms with Gasteiger partial charge in [0.05, 0.1) is 21.4 Å². The summed E-state index contributed by atoms with van der Waals surface area (Å²) in [7, 11) is -3.04. The summed E-state index contributed by atoms with van der Waals surface area (Å²) in [4.78, 5) is 19.5. The Morgan fingerprint density at radius 2 is 1.96 bits per heavy atom. The molecule has 0 saturated heterocycles. The predicted molar refractivity (Wildman–Crippen MR) is 85.9 cm³/mol. The summed E-state index contributed by atoms with van der Waals surface area (Å²) in [6.07, 6.45) is -2.13. The van der Waals surface area contributed by atoms with Crippen molar-refractivity contribution < 1.29 is 26.7 Å². The van der Waals surface area contributed by atoms with Crippen LogP contribution in [0.4, 0.5) is 13.2 Å². The van der Waals surface area contributed by atoms with E-state index < -0.39 is 27.7 Å². The highest BCUT2D eigenvalue weighted by Gasteiger charge is 2.38. The highest BCUT2D eigenvalue weighted by molar-refractivity contribution is 7.93. The number of carbonyl (C=O) groups is 1. The Morgan fingerprint density at radius 1 is 1.27 bits per heavy atom. The lowest BCUT2D eigenvalue weighted by atomic mass is 10.2. The van der Waals surface area contributed by atoms with Crippen LogP contribution in [-0.4, -0.2) is 31.5 Å². The van der Waals surface area contributed by atoms with Crippen LogP contribution in [0.2, 0.25) is 0 Å². The van der Waals surface area contributed by atoms with Crippen LogP contribution >= 0.6 is 11.3 Å². The molecular weight excluding hydrogens is 393 g/mol. The van der Waals surface area contributed by atoms with Gasteiger partial charge >= 0.3 is 12.1 Å². The van der Waals surface area contributed by atoms with E-state index in [1.807, 2.05) is 0 Å². The van der Waals surface area contributed by atoms with Crippen molar-refractivity contribution in [3.8, 4) is 11.4 Å². The van der Waals surface area contributed by atoms with Crippen LogP contribution in [0.15, 0.2) is 49.8 Å². The van der Waals surface area contributed by atoms with Crippen LogP contribution in [0.5, 0.6) is 0 Å². The standard InChI is InChI=1S/C14H9F3N4O3S2/c1-26(23,21-12(22)10-6-18-7-25-10)9-4-2-8(3-5-9)11-19-13(24-20-11)14(15,16)17/h2-7H,1H3. The maximum atomic E-state index is 12.7. The normalized spacial score (nSPS) is 14.0. The molecule has 0 saturated carbocycles. The molecule has 12 heteroatoms. The number of benzene rings is 1. The number of carbonyl (C=O) groups excluding carboxylic acids is 1. The summed E-state index contributed by atoms with van der Waals surface area (Å²) < 4.78 is 58.0. The van der Waals surface area contributed by atoms with Crippen molar-refractivity contribution in [2.45, 2.75) is 11.1 Å². The molecule has 0 bridgehead atoms. The summed E-state index contributed by atoms with van der Waals surface area (Å²) in [5, 5.41) is 3.27. The number of rotatable bonds is 3. The predicted octanol–water partition coefficient (Wildman–Crippen LogP) is 3.51. The van der Waals surface area contributed by atoms with Crippen molar-refractivity contribution in [1.29, 1.82) is 0 Å². The van der Waals surface area contributed by atoms with Gasteiger partial charge in [0.25, 0.3) is 5.91 Å². The average molecular weight is 402 g/mol. The Balaban J connectivity index is 1.88. The minimum Gasteiger partial charge on any atom is -0.329 e. The third-order valence-corrected chi connectivity index (χ3v) is 5.54. The Morgan fingerprint density at radius 3 is 2.50 bits per heavy atom. The van der Waals surface area contributed by atoms with Crippen LogP contribution in [-0.2, 0) is 15.9 Å². The van der Waals surface area contributed by atoms with E-state index >= 15 is 0 Å². The summed E-state index contributed by atoms with van der Waals surface area (Å²) in [5.74, 6) is -2.37. The molecule has 7 nitrogen and oxygen atoms in total. The van der Waals surface area contributed by atoms with Crippen molar-refractivity contribution in [3.05, 3.63) is 46.7 Å². The lowest BCUT2D eigenvalue weighted by Gasteiger charge is -2.04. The SMILES string of the molecule is CS(=O)(=NC(=O)c1cncs1)c1ccc(-c2noc(C(F)(F)F)n2)cc1. The summed E-state index contributed by atoms with van der Waals surface area (Å²) in [6, 6.07) is 5.50. The van der Waals surface area contributed by atoms with E-state index in [1.54, 1.807) is 0 Å². The highest BCUT2D eigenvalue weighted by atomic mass is 32.2. The minimum atomic E-state index is -4.74. The fourth-order valence-corrected chi connectivity index (χ4v) is 3.61. The smallest absolute Gasteiger partial charge is 0.329 e. The number of aromatic nitrogens is 3. The number of halogens is 3. The second-order valence-electron chi connectivity index (χ2n) is 5.01. The van der Waals surface area contributed by atoms with Gasteiger partial charge in [-0.15, -0.1) is 11.3 Å². The molecule has 1 unspecified atom stereocenters. The number of hydrogen-bond acceptors (Lipinski definition) is 7. The van der Waals surface area contributed by atoms with Gasteiger partial charge in [-0.2, -0.15) is 22.5 Å². The van der Waals surface area contributed by atoms with E-state index in [9.17, 15) is 22.2 Å². The lowest BCUT2D eigenvalue weighted by molar-refractivity contribution is -0.159. The van der Waals surface area contributed by atoms with Gasteiger partial charge in [0.1, 0.15) is 4.88 Å². The number of thiazole rings is 1. The molecule has 0 aliphatic carbocycles. The third kappa shape index (κ3) is 3.80. The number of nitrogens with zero attached hydrogens (tertiary/aromatic N) is 4. The minimum absolute atomic E-state index is 0.233. The van der Waals surface area contributed by atoms with Gasteiger partial charge in [0.2, 0.25) is 5.82 Å². The molecule has 136 valence electrons. The number of amides is 1. The molecule has 0 fully saturated rings. The van der Waals surface area contributed by atoms with Crippen LogP contribution in [0, 0.1) is 0 Å². The van der Waals surface area contributed by atoms with E-state index in [2.05, 4.69) is 24.0 Å². The molecule has 1 atom stereocenters. The first kappa shape index (κ1) is 18.2. The Labute approximate surface area is 149 Å². The van der Waals surface area contributed by atoms with Crippen molar-refractivity contribution >= 4 is 27.0 Å². The molecule has 3 rings (SSSR count). The Hall–Kier alpha value is -2.60. The molecule has 0 radical (unpaired) electrons. The molecule has 2 heterocycles. The van der Waals surface area contributed by atoms with Crippen LogP contribution in [0.25, 0.3) is 11.4 Å². The van der Waals surface area contributed by atoms with Crippen LogP contribution < -0.4 is 0 Å². The van der Waals surface area contributed by atoms with E-state index in [-0.39, 0.29) is 21.2 Å². The summed E-state index contributed by atoms with van der Waals surface area (Å²) in [5.41, 5.74) is 1.69. The van der Waals surface area contributed by atoms with Gasteiger partial charge in [-0.1, -0.05) is 5.16 Å². The number of alkyl halides is 3. The molecule has 2 aromatic heterocycles. The molecule has 0 N–H and O–H groups in total. The van der Waals surface area contributed by atoms with Crippen LogP contribution in [0.1, 0.15) is 15.6 Å². The fourth-order valence-electron chi connectivity index (χ4n) is 1.89. The zero-order valence-electron chi connectivity index (χ0n) is 12.9. The van der Waals surface area contributed by atoms with E-state index in [0.717, 1.165) is 11.3 Å². The van der Waals surface area contributed by atoms with Crippen molar-refractivity contribution in [2.75, 3.05) is 6.26 Å². The largest absolute Gasteiger partial charge is 0.471 e. The van der Waals surface area contributed by atoms with Gasteiger partial charge in [-0.25, -0.2) is 4.21 Å².